The highest BCUT2D eigenvalue weighted by Crippen LogP contribution is 2.42. The Kier molecular flexibility index (Phi) is 3.37. The fourth-order valence-corrected chi connectivity index (χ4v) is 3.16. The van der Waals surface area contributed by atoms with Crippen molar-refractivity contribution in [2.24, 2.45) is 0 Å². The van der Waals surface area contributed by atoms with E-state index in [0.717, 1.165) is 12.0 Å². The molecule has 0 spiro atoms. The lowest BCUT2D eigenvalue weighted by molar-refractivity contribution is -0.119. The third-order valence-electron chi connectivity index (χ3n) is 3.61. The molecule has 1 aromatic rings. The Balaban J connectivity index is 2.50. The maximum Gasteiger partial charge on any atom is 0.221 e. The fraction of sp³-hybridized carbons (Fsp3) is 0.462. The molecule has 0 bridgehead atoms. The van der Waals surface area contributed by atoms with Gasteiger partial charge in [0.2, 0.25) is 5.91 Å². The zero-order valence-corrected chi connectivity index (χ0v) is 11.4. The lowest BCUT2D eigenvalue weighted by Gasteiger charge is -2.31. The van der Waals surface area contributed by atoms with Crippen LogP contribution in [0.5, 0.6) is 0 Å². The van der Waals surface area contributed by atoms with Crippen molar-refractivity contribution in [2.45, 2.75) is 38.1 Å². The quantitative estimate of drug-likeness (QED) is 0.876. The van der Waals surface area contributed by atoms with Crippen molar-refractivity contribution < 1.29 is 4.79 Å². The minimum Gasteiger partial charge on any atom is -0.352 e. The first-order chi connectivity index (χ1) is 7.99. The van der Waals surface area contributed by atoms with Crippen LogP contribution in [0.3, 0.4) is 0 Å². The molecule has 1 amide bonds. The highest BCUT2D eigenvalue weighted by atomic mass is 35.5. The zero-order valence-electron chi connectivity index (χ0n) is 9.89. The van der Waals surface area contributed by atoms with Crippen LogP contribution in [0.4, 0.5) is 0 Å². The molecule has 0 radical (unpaired) electrons. The molecule has 0 aliphatic carbocycles. The van der Waals surface area contributed by atoms with Crippen LogP contribution in [0.25, 0.3) is 0 Å². The molecule has 2 atom stereocenters. The monoisotopic (exact) mass is 271 g/mol. The van der Waals surface area contributed by atoms with Crippen molar-refractivity contribution in [3.05, 3.63) is 33.8 Å². The smallest absolute Gasteiger partial charge is 0.221 e. The standard InChI is InChI=1S/C13H15Cl2NO/c1-3-10-13(2,7-11(17)16-10)8-5-4-6-9(14)12(8)15/h4-6,10H,3,7H2,1-2H3,(H,16,17). The molecule has 1 fully saturated rings. The summed E-state index contributed by atoms with van der Waals surface area (Å²) in [4.78, 5) is 11.6. The number of nitrogens with one attached hydrogen (secondary N) is 1. The molecule has 2 rings (SSSR count). The van der Waals surface area contributed by atoms with Crippen LogP contribution in [0.15, 0.2) is 18.2 Å². The molecule has 1 aromatic carbocycles. The van der Waals surface area contributed by atoms with Gasteiger partial charge in [-0.15, -0.1) is 0 Å². The van der Waals surface area contributed by atoms with Gasteiger partial charge in [0.25, 0.3) is 0 Å². The van der Waals surface area contributed by atoms with Crippen molar-refractivity contribution in [1.82, 2.24) is 5.32 Å². The number of halogens is 2. The summed E-state index contributed by atoms with van der Waals surface area (Å²) in [6, 6.07) is 5.72. The average Bonchev–Trinajstić information content (AvgIpc) is 2.58. The maximum absolute atomic E-state index is 11.6. The molecular formula is C13H15Cl2NO. The largest absolute Gasteiger partial charge is 0.352 e. The zero-order chi connectivity index (χ0) is 12.6. The van der Waals surface area contributed by atoms with Gasteiger partial charge in [-0.25, -0.2) is 0 Å². The minimum absolute atomic E-state index is 0.0791. The Morgan fingerprint density at radius 2 is 2.18 bits per heavy atom. The first-order valence-electron chi connectivity index (χ1n) is 5.73. The van der Waals surface area contributed by atoms with E-state index in [-0.39, 0.29) is 17.4 Å². The molecular weight excluding hydrogens is 257 g/mol. The summed E-state index contributed by atoms with van der Waals surface area (Å²) in [6.45, 7) is 4.13. The summed E-state index contributed by atoms with van der Waals surface area (Å²) in [5.74, 6) is 0.0791. The molecule has 2 unspecified atom stereocenters. The first-order valence-corrected chi connectivity index (χ1v) is 6.48. The number of benzene rings is 1. The van der Waals surface area contributed by atoms with Gasteiger partial charge in [0.05, 0.1) is 10.0 Å². The predicted molar refractivity (Wildman–Crippen MR) is 70.7 cm³/mol. The Labute approximate surface area is 111 Å². The summed E-state index contributed by atoms with van der Waals surface area (Å²) in [5, 5.41) is 4.10. The van der Waals surface area contributed by atoms with Gasteiger partial charge in [-0.1, -0.05) is 49.2 Å². The van der Waals surface area contributed by atoms with Crippen molar-refractivity contribution in [1.29, 1.82) is 0 Å². The summed E-state index contributed by atoms with van der Waals surface area (Å²) in [5.41, 5.74) is 0.685. The molecule has 1 aliphatic heterocycles. The maximum atomic E-state index is 11.6. The van der Waals surface area contributed by atoms with Crippen molar-refractivity contribution >= 4 is 29.1 Å². The van der Waals surface area contributed by atoms with Gasteiger partial charge in [-0.05, 0) is 18.1 Å². The lowest BCUT2D eigenvalue weighted by Crippen LogP contribution is -2.38. The number of rotatable bonds is 2. The van der Waals surface area contributed by atoms with Crippen LogP contribution in [0, 0.1) is 0 Å². The van der Waals surface area contributed by atoms with E-state index in [0.29, 0.717) is 16.5 Å². The number of amides is 1. The van der Waals surface area contributed by atoms with E-state index in [4.69, 9.17) is 23.2 Å². The van der Waals surface area contributed by atoms with Crippen LogP contribution in [-0.4, -0.2) is 11.9 Å². The van der Waals surface area contributed by atoms with Crippen molar-refractivity contribution in [3.8, 4) is 0 Å². The number of hydrogen-bond acceptors (Lipinski definition) is 1. The predicted octanol–water partition coefficient (Wildman–Crippen LogP) is 3.55. The highest BCUT2D eigenvalue weighted by molar-refractivity contribution is 6.42. The number of hydrogen-bond donors (Lipinski definition) is 1. The summed E-state index contributed by atoms with van der Waals surface area (Å²) in [7, 11) is 0. The molecule has 0 aromatic heterocycles. The Bertz CT molecular complexity index is 461. The van der Waals surface area contributed by atoms with Crippen molar-refractivity contribution in [3.63, 3.8) is 0 Å². The van der Waals surface area contributed by atoms with Crippen LogP contribution in [-0.2, 0) is 10.2 Å². The van der Waals surface area contributed by atoms with E-state index in [9.17, 15) is 4.79 Å². The molecule has 17 heavy (non-hydrogen) atoms. The second-order valence-electron chi connectivity index (χ2n) is 4.72. The molecule has 0 saturated carbocycles. The molecule has 1 heterocycles. The van der Waals surface area contributed by atoms with Gasteiger partial charge >= 0.3 is 0 Å². The van der Waals surface area contributed by atoms with Gasteiger partial charge in [0, 0.05) is 17.9 Å². The molecule has 1 aliphatic rings. The number of carbonyl (C=O) groups excluding carboxylic acids is 1. The minimum atomic E-state index is -0.270. The Morgan fingerprint density at radius 3 is 2.82 bits per heavy atom. The van der Waals surface area contributed by atoms with Crippen LogP contribution in [0.1, 0.15) is 32.3 Å². The second-order valence-corrected chi connectivity index (χ2v) is 5.51. The van der Waals surface area contributed by atoms with E-state index < -0.39 is 0 Å². The SMILES string of the molecule is CCC1NC(=O)CC1(C)c1cccc(Cl)c1Cl. The molecule has 1 saturated heterocycles. The van der Waals surface area contributed by atoms with Crippen LogP contribution < -0.4 is 5.32 Å². The highest BCUT2D eigenvalue weighted by Gasteiger charge is 2.44. The van der Waals surface area contributed by atoms with E-state index >= 15 is 0 Å². The normalized spacial score (nSPS) is 28.2. The van der Waals surface area contributed by atoms with E-state index in [2.05, 4.69) is 19.2 Å². The van der Waals surface area contributed by atoms with Crippen molar-refractivity contribution in [2.75, 3.05) is 0 Å². The van der Waals surface area contributed by atoms with Gasteiger partial charge in [-0.3, -0.25) is 4.79 Å². The van der Waals surface area contributed by atoms with Gasteiger partial charge in [0.15, 0.2) is 0 Å². The third kappa shape index (κ3) is 2.04. The topological polar surface area (TPSA) is 29.1 Å². The summed E-state index contributed by atoms with van der Waals surface area (Å²) in [6.07, 6.45) is 1.34. The van der Waals surface area contributed by atoms with E-state index in [1.165, 1.54) is 0 Å². The Morgan fingerprint density at radius 1 is 1.47 bits per heavy atom. The molecule has 4 heteroatoms. The van der Waals surface area contributed by atoms with Gasteiger partial charge in [0.1, 0.15) is 0 Å². The number of carbonyl (C=O) groups is 1. The Hall–Kier alpha value is -0.730. The lowest BCUT2D eigenvalue weighted by atomic mass is 9.75. The van der Waals surface area contributed by atoms with E-state index in [1.54, 1.807) is 6.07 Å². The van der Waals surface area contributed by atoms with Gasteiger partial charge in [-0.2, -0.15) is 0 Å². The third-order valence-corrected chi connectivity index (χ3v) is 4.43. The fourth-order valence-electron chi connectivity index (χ4n) is 2.64. The molecule has 92 valence electrons. The summed E-state index contributed by atoms with van der Waals surface area (Å²) < 4.78 is 0. The average molecular weight is 272 g/mol. The second kappa shape index (κ2) is 4.51. The summed E-state index contributed by atoms with van der Waals surface area (Å²) >= 11 is 12.3. The van der Waals surface area contributed by atoms with Crippen LogP contribution >= 0.6 is 23.2 Å². The molecule has 1 N–H and O–H groups in total. The molecule has 2 nitrogen and oxygen atoms in total. The van der Waals surface area contributed by atoms with E-state index in [1.807, 2.05) is 12.1 Å². The first kappa shape index (κ1) is 12.7. The van der Waals surface area contributed by atoms with Crippen LogP contribution in [0.2, 0.25) is 10.0 Å². The van der Waals surface area contributed by atoms with Gasteiger partial charge < -0.3 is 5.32 Å².